The zero-order valence-electron chi connectivity index (χ0n) is 8.25. The molecule has 0 saturated carbocycles. The van der Waals surface area contributed by atoms with Crippen molar-refractivity contribution < 1.29 is 9.53 Å². The minimum absolute atomic E-state index is 0.382. The average molecular weight is 202 g/mol. The van der Waals surface area contributed by atoms with Gasteiger partial charge in [-0.3, -0.25) is 0 Å². The highest BCUT2D eigenvalue weighted by Crippen LogP contribution is 2.11. The molecule has 0 amide bonds. The number of rotatable bonds is 2. The molecule has 0 spiro atoms. The van der Waals surface area contributed by atoms with E-state index in [1.54, 1.807) is 17.1 Å². The number of nitrogens with zero attached hydrogens (tertiary/aromatic N) is 2. The number of aromatic nitrogens is 2. The molecule has 0 aliphatic carbocycles. The van der Waals surface area contributed by atoms with Crippen molar-refractivity contribution in [3.05, 3.63) is 36.7 Å². The molecule has 4 nitrogen and oxygen atoms in total. The molecule has 0 saturated heterocycles. The SMILES string of the molecule is COC(=O)C=Cn1cnc2ccccc21. The molecule has 2 rings (SSSR count). The molecule has 0 unspecified atom stereocenters. The maximum Gasteiger partial charge on any atom is 0.331 e. The van der Waals surface area contributed by atoms with Gasteiger partial charge in [0.2, 0.25) is 0 Å². The largest absolute Gasteiger partial charge is 0.466 e. The first-order valence-corrected chi connectivity index (χ1v) is 4.49. The number of imidazole rings is 1. The monoisotopic (exact) mass is 202 g/mol. The summed E-state index contributed by atoms with van der Waals surface area (Å²) >= 11 is 0. The predicted molar refractivity (Wildman–Crippen MR) is 57.1 cm³/mol. The third-order valence-electron chi connectivity index (χ3n) is 2.05. The number of carbonyl (C=O) groups excluding carboxylic acids is 1. The Labute approximate surface area is 86.8 Å². The molecule has 2 aromatic rings. The third kappa shape index (κ3) is 1.88. The second-order valence-electron chi connectivity index (χ2n) is 2.98. The lowest BCUT2D eigenvalue weighted by molar-refractivity contribution is -0.134. The van der Waals surface area contributed by atoms with Crippen LogP contribution >= 0.6 is 0 Å². The van der Waals surface area contributed by atoms with Gasteiger partial charge in [0, 0.05) is 12.3 Å². The van der Waals surface area contributed by atoms with E-state index in [1.165, 1.54) is 13.2 Å². The second kappa shape index (κ2) is 3.96. The summed E-state index contributed by atoms with van der Waals surface area (Å²) in [7, 11) is 1.35. The van der Waals surface area contributed by atoms with Crippen LogP contribution in [0.25, 0.3) is 17.2 Å². The van der Waals surface area contributed by atoms with Crippen molar-refractivity contribution in [3.63, 3.8) is 0 Å². The number of fused-ring (bicyclic) bond motifs is 1. The van der Waals surface area contributed by atoms with Crippen LogP contribution in [0.15, 0.2) is 36.7 Å². The van der Waals surface area contributed by atoms with Crippen LogP contribution in [-0.4, -0.2) is 22.6 Å². The maximum atomic E-state index is 10.9. The van der Waals surface area contributed by atoms with Crippen LogP contribution in [-0.2, 0) is 9.53 Å². The molecule has 0 aliphatic rings. The number of hydrogen-bond donors (Lipinski definition) is 0. The summed E-state index contributed by atoms with van der Waals surface area (Å²) in [5.41, 5.74) is 1.85. The molecule has 0 bridgehead atoms. The first-order chi connectivity index (χ1) is 7.31. The van der Waals surface area contributed by atoms with Gasteiger partial charge < -0.3 is 9.30 Å². The number of benzene rings is 1. The van der Waals surface area contributed by atoms with Crippen molar-refractivity contribution in [1.29, 1.82) is 0 Å². The molecule has 0 atom stereocenters. The molecule has 0 radical (unpaired) electrons. The van der Waals surface area contributed by atoms with Gasteiger partial charge in [-0.1, -0.05) is 12.1 Å². The number of esters is 1. The van der Waals surface area contributed by atoms with Crippen molar-refractivity contribution in [2.45, 2.75) is 0 Å². The highest BCUT2D eigenvalue weighted by Gasteiger charge is 1.98. The lowest BCUT2D eigenvalue weighted by Gasteiger charge is -1.95. The van der Waals surface area contributed by atoms with Crippen molar-refractivity contribution in [3.8, 4) is 0 Å². The summed E-state index contributed by atoms with van der Waals surface area (Å²) in [4.78, 5) is 15.1. The Morgan fingerprint density at radius 1 is 1.47 bits per heavy atom. The highest BCUT2D eigenvalue weighted by molar-refractivity contribution is 5.86. The molecule has 1 aromatic carbocycles. The van der Waals surface area contributed by atoms with Crippen LogP contribution in [0.4, 0.5) is 0 Å². The van der Waals surface area contributed by atoms with E-state index in [2.05, 4.69) is 9.72 Å². The highest BCUT2D eigenvalue weighted by atomic mass is 16.5. The Kier molecular flexibility index (Phi) is 2.49. The fourth-order valence-corrected chi connectivity index (χ4v) is 1.31. The first-order valence-electron chi connectivity index (χ1n) is 4.49. The van der Waals surface area contributed by atoms with E-state index in [0.29, 0.717) is 0 Å². The smallest absolute Gasteiger partial charge is 0.331 e. The van der Waals surface area contributed by atoms with Gasteiger partial charge in [-0.25, -0.2) is 9.78 Å². The summed E-state index contributed by atoms with van der Waals surface area (Å²) in [6.07, 6.45) is 4.64. The van der Waals surface area contributed by atoms with Crippen molar-refractivity contribution in [1.82, 2.24) is 9.55 Å². The van der Waals surface area contributed by atoms with Gasteiger partial charge in [-0.05, 0) is 12.1 Å². The number of carbonyl (C=O) groups is 1. The van der Waals surface area contributed by atoms with Crippen molar-refractivity contribution >= 4 is 23.2 Å². The Morgan fingerprint density at radius 2 is 2.27 bits per heavy atom. The van der Waals surface area contributed by atoms with Crippen LogP contribution in [0.5, 0.6) is 0 Å². The fourth-order valence-electron chi connectivity index (χ4n) is 1.31. The van der Waals surface area contributed by atoms with E-state index in [1.807, 2.05) is 24.3 Å². The molecule has 1 aromatic heterocycles. The van der Waals surface area contributed by atoms with Gasteiger partial charge in [0.05, 0.1) is 24.5 Å². The van der Waals surface area contributed by atoms with E-state index in [4.69, 9.17) is 0 Å². The number of hydrogen-bond acceptors (Lipinski definition) is 3. The minimum Gasteiger partial charge on any atom is -0.466 e. The van der Waals surface area contributed by atoms with Gasteiger partial charge in [0.25, 0.3) is 0 Å². The topological polar surface area (TPSA) is 44.1 Å². The molecular weight excluding hydrogens is 192 g/mol. The lowest BCUT2D eigenvalue weighted by atomic mass is 10.3. The lowest BCUT2D eigenvalue weighted by Crippen LogP contribution is -1.94. The van der Waals surface area contributed by atoms with Gasteiger partial charge in [0.15, 0.2) is 0 Å². The molecule has 0 aliphatic heterocycles. The molecule has 0 N–H and O–H groups in total. The Balaban J connectivity index is 2.36. The summed E-state index contributed by atoms with van der Waals surface area (Å²) < 4.78 is 6.27. The zero-order valence-corrected chi connectivity index (χ0v) is 8.25. The minimum atomic E-state index is -0.382. The van der Waals surface area contributed by atoms with Gasteiger partial charge in [-0.15, -0.1) is 0 Å². The molecule has 0 fully saturated rings. The number of para-hydroxylation sites is 2. The summed E-state index contributed by atoms with van der Waals surface area (Å²) in [5.74, 6) is -0.382. The van der Waals surface area contributed by atoms with E-state index < -0.39 is 0 Å². The van der Waals surface area contributed by atoms with Crippen molar-refractivity contribution in [2.24, 2.45) is 0 Å². The quantitative estimate of drug-likeness (QED) is 0.549. The average Bonchev–Trinajstić information content (AvgIpc) is 2.69. The molecule has 1 heterocycles. The molecular formula is C11H10N2O2. The van der Waals surface area contributed by atoms with E-state index >= 15 is 0 Å². The fraction of sp³-hybridized carbons (Fsp3) is 0.0909. The van der Waals surface area contributed by atoms with Crippen LogP contribution in [0.3, 0.4) is 0 Å². The van der Waals surface area contributed by atoms with Gasteiger partial charge in [0.1, 0.15) is 0 Å². The van der Waals surface area contributed by atoms with Crippen LogP contribution < -0.4 is 0 Å². The third-order valence-corrected chi connectivity index (χ3v) is 2.05. The van der Waals surface area contributed by atoms with E-state index in [0.717, 1.165) is 11.0 Å². The number of ether oxygens (including phenoxy) is 1. The Morgan fingerprint density at radius 3 is 3.07 bits per heavy atom. The summed E-state index contributed by atoms with van der Waals surface area (Å²) in [6, 6.07) is 7.69. The van der Waals surface area contributed by atoms with Crippen LogP contribution in [0.1, 0.15) is 0 Å². The summed E-state index contributed by atoms with van der Waals surface area (Å²) in [6.45, 7) is 0. The van der Waals surface area contributed by atoms with E-state index in [-0.39, 0.29) is 5.97 Å². The maximum absolute atomic E-state index is 10.9. The first kappa shape index (κ1) is 9.45. The molecule has 4 heteroatoms. The molecule has 15 heavy (non-hydrogen) atoms. The van der Waals surface area contributed by atoms with Gasteiger partial charge >= 0.3 is 5.97 Å². The number of methoxy groups -OCH3 is 1. The Hall–Kier alpha value is -2.10. The van der Waals surface area contributed by atoms with E-state index in [9.17, 15) is 4.79 Å². The van der Waals surface area contributed by atoms with Crippen LogP contribution in [0.2, 0.25) is 0 Å². The molecule has 76 valence electrons. The van der Waals surface area contributed by atoms with Crippen LogP contribution in [0, 0.1) is 0 Å². The predicted octanol–water partition coefficient (Wildman–Crippen LogP) is 1.68. The Bertz CT molecular complexity index is 514. The van der Waals surface area contributed by atoms with Gasteiger partial charge in [-0.2, -0.15) is 0 Å². The summed E-state index contributed by atoms with van der Waals surface area (Å²) in [5, 5.41) is 0. The zero-order chi connectivity index (χ0) is 10.7. The van der Waals surface area contributed by atoms with Crippen molar-refractivity contribution in [2.75, 3.05) is 7.11 Å². The standard InChI is InChI=1S/C11H10N2O2/c1-15-11(14)6-7-13-8-12-9-4-2-3-5-10(9)13/h2-8H,1H3. The normalized spacial score (nSPS) is 11.0. The second-order valence-corrected chi connectivity index (χ2v) is 2.98.